The first-order valence-electron chi connectivity index (χ1n) is 8.75. The lowest BCUT2D eigenvalue weighted by molar-refractivity contribution is -0.147. The van der Waals surface area contributed by atoms with Gasteiger partial charge in [0.1, 0.15) is 0 Å². The van der Waals surface area contributed by atoms with Crippen molar-refractivity contribution in [1.82, 2.24) is 15.1 Å². The van der Waals surface area contributed by atoms with Crippen LogP contribution in [0.25, 0.3) is 0 Å². The van der Waals surface area contributed by atoms with Gasteiger partial charge in [-0.05, 0) is 32.6 Å². The standard InChI is InChI=1S/C17H29N3O4/c1-17(9-5-4-6-13(17)15(22)23)18-14(21)12-7-10-20(11-8-12)16(24)19(2)3/h12-13H,4-11H2,1-3H3,(H,18,21)(H,22,23). The van der Waals surface area contributed by atoms with Crippen molar-refractivity contribution in [3.63, 3.8) is 0 Å². The van der Waals surface area contributed by atoms with Gasteiger partial charge in [-0.3, -0.25) is 9.59 Å². The molecule has 1 heterocycles. The van der Waals surface area contributed by atoms with Crippen LogP contribution in [0.5, 0.6) is 0 Å². The van der Waals surface area contributed by atoms with Gasteiger partial charge in [0.05, 0.1) is 11.5 Å². The highest BCUT2D eigenvalue weighted by molar-refractivity contribution is 5.82. The average Bonchev–Trinajstić information content (AvgIpc) is 2.53. The molecule has 1 aliphatic carbocycles. The molecule has 1 saturated carbocycles. The first-order valence-corrected chi connectivity index (χ1v) is 8.75. The smallest absolute Gasteiger partial charge is 0.319 e. The molecule has 2 atom stereocenters. The third kappa shape index (κ3) is 3.99. The van der Waals surface area contributed by atoms with Crippen molar-refractivity contribution < 1.29 is 19.5 Å². The van der Waals surface area contributed by atoms with Crippen LogP contribution >= 0.6 is 0 Å². The van der Waals surface area contributed by atoms with E-state index in [1.165, 1.54) is 0 Å². The van der Waals surface area contributed by atoms with E-state index in [0.717, 1.165) is 12.8 Å². The second-order valence-corrected chi connectivity index (χ2v) is 7.48. The fourth-order valence-electron chi connectivity index (χ4n) is 3.88. The number of nitrogens with one attached hydrogen (secondary N) is 1. The van der Waals surface area contributed by atoms with Crippen LogP contribution in [-0.2, 0) is 9.59 Å². The van der Waals surface area contributed by atoms with E-state index in [-0.39, 0.29) is 17.9 Å². The second kappa shape index (κ2) is 7.40. The monoisotopic (exact) mass is 339 g/mol. The first-order chi connectivity index (χ1) is 11.2. The number of amides is 3. The fraction of sp³-hybridized carbons (Fsp3) is 0.824. The Morgan fingerprint density at radius 3 is 2.29 bits per heavy atom. The highest BCUT2D eigenvalue weighted by Crippen LogP contribution is 2.34. The van der Waals surface area contributed by atoms with Crippen LogP contribution in [0.1, 0.15) is 45.4 Å². The summed E-state index contributed by atoms with van der Waals surface area (Å²) >= 11 is 0. The van der Waals surface area contributed by atoms with E-state index in [2.05, 4.69) is 5.32 Å². The van der Waals surface area contributed by atoms with Crippen molar-refractivity contribution in [1.29, 1.82) is 0 Å². The predicted molar refractivity (Wildman–Crippen MR) is 89.5 cm³/mol. The number of hydrogen-bond acceptors (Lipinski definition) is 3. The van der Waals surface area contributed by atoms with Crippen LogP contribution in [0.4, 0.5) is 4.79 Å². The van der Waals surface area contributed by atoms with Gasteiger partial charge in [0.15, 0.2) is 0 Å². The van der Waals surface area contributed by atoms with Gasteiger partial charge < -0.3 is 20.2 Å². The number of carboxylic acid groups (broad SMARTS) is 1. The van der Waals surface area contributed by atoms with E-state index >= 15 is 0 Å². The molecule has 24 heavy (non-hydrogen) atoms. The number of likely N-dealkylation sites (tertiary alicyclic amines) is 1. The largest absolute Gasteiger partial charge is 0.481 e. The first kappa shape index (κ1) is 18.5. The number of carboxylic acids is 1. The lowest BCUT2D eigenvalue weighted by Crippen LogP contribution is -2.57. The molecule has 1 saturated heterocycles. The van der Waals surface area contributed by atoms with E-state index < -0.39 is 17.4 Å². The normalized spacial score (nSPS) is 28.3. The topological polar surface area (TPSA) is 90.0 Å². The van der Waals surface area contributed by atoms with Crippen molar-refractivity contribution in [3.05, 3.63) is 0 Å². The molecule has 0 aromatic carbocycles. The minimum atomic E-state index is -0.830. The zero-order valence-corrected chi connectivity index (χ0v) is 14.9. The molecule has 0 aromatic heterocycles. The van der Waals surface area contributed by atoms with Crippen molar-refractivity contribution >= 4 is 17.9 Å². The number of carbonyl (C=O) groups is 3. The van der Waals surface area contributed by atoms with E-state index in [1.54, 1.807) is 23.9 Å². The van der Waals surface area contributed by atoms with Crippen molar-refractivity contribution in [2.24, 2.45) is 11.8 Å². The highest BCUT2D eigenvalue weighted by Gasteiger charge is 2.43. The number of carbonyl (C=O) groups excluding carboxylic acids is 2. The molecule has 2 fully saturated rings. The van der Waals surface area contributed by atoms with Gasteiger partial charge in [0, 0.05) is 33.1 Å². The quantitative estimate of drug-likeness (QED) is 0.816. The zero-order chi connectivity index (χ0) is 17.9. The van der Waals surface area contributed by atoms with E-state index in [0.29, 0.717) is 38.8 Å². The molecule has 2 N–H and O–H groups in total. The zero-order valence-electron chi connectivity index (χ0n) is 14.9. The van der Waals surface area contributed by atoms with Gasteiger partial charge in [-0.2, -0.15) is 0 Å². The number of urea groups is 1. The van der Waals surface area contributed by atoms with Crippen LogP contribution in [0.2, 0.25) is 0 Å². The molecule has 0 spiro atoms. The molecular formula is C17H29N3O4. The molecule has 7 nitrogen and oxygen atoms in total. The predicted octanol–water partition coefficient (Wildman–Crippen LogP) is 1.53. The van der Waals surface area contributed by atoms with Gasteiger partial charge >= 0.3 is 12.0 Å². The number of nitrogens with zero attached hydrogens (tertiary/aromatic N) is 2. The van der Waals surface area contributed by atoms with E-state index in [1.807, 2.05) is 6.92 Å². The molecule has 0 radical (unpaired) electrons. The maximum absolute atomic E-state index is 12.6. The summed E-state index contributed by atoms with van der Waals surface area (Å²) in [5, 5.41) is 12.5. The molecule has 2 aliphatic rings. The van der Waals surface area contributed by atoms with Gasteiger partial charge in [-0.15, -0.1) is 0 Å². The maximum atomic E-state index is 12.6. The number of piperidine rings is 1. The van der Waals surface area contributed by atoms with Gasteiger partial charge in [-0.25, -0.2) is 4.79 Å². The number of aliphatic carboxylic acids is 1. The Kier molecular flexibility index (Phi) is 5.72. The third-order valence-electron chi connectivity index (χ3n) is 5.43. The average molecular weight is 339 g/mol. The summed E-state index contributed by atoms with van der Waals surface area (Å²) < 4.78 is 0. The third-order valence-corrected chi connectivity index (χ3v) is 5.43. The molecule has 136 valence electrons. The summed E-state index contributed by atoms with van der Waals surface area (Å²) in [6, 6.07) is -0.0287. The SMILES string of the molecule is CN(C)C(=O)N1CCC(C(=O)NC2(C)CCCCC2C(=O)O)CC1. The molecule has 1 aliphatic heterocycles. The number of hydrogen-bond donors (Lipinski definition) is 2. The summed E-state index contributed by atoms with van der Waals surface area (Å²) in [4.78, 5) is 39.4. The Balaban J connectivity index is 1.93. The Bertz CT molecular complexity index is 500. The van der Waals surface area contributed by atoms with Crippen LogP contribution in [0.15, 0.2) is 0 Å². The van der Waals surface area contributed by atoms with Gasteiger partial charge in [-0.1, -0.05) is 12.8 Å². The second-order valence-electron chi connectivity index (χ2n) is 7.48. The van der Waals surface area contributed by atoms with Crippen LogP contribution in [-0.4, -0.2) is 65.5 Å². The van der Waals surface area contributed by atoms with Crippen molar-refractivity contribution in [2.45, 2.75) is 51.0 Å². The molecule has 2 rings (SSSR count). The molecular weight excluding hydrogens is 310 g/mol. The number of rotatable bonds is 3. The highest BCUT2D eigenvalue weighted by atomic mass is 16.4. The minimum Gasteiger partial charge on any atom is -0.481 e. The van der Waals surface area contributed by atoms with Gasteiger partial charge in [0.25, 0.3) is 0 Å². The molecule has 0 bridgehead atoms. The van der Waals surface area contributed by atoms with Crippen molar-refractivity contribution in [3.8, 4) is 0 Å². The Morgan fingerprint density at radius 1 is 1.12 bits per heavy atom. The molecule has 0 aromatic rings. The summed E-state index contributed by atoms with van der Waals surface area (Å²) in [5.41, 5.74) is -0.669. The van der Waals surface area contributed by atoms with Crippen LogP contribution < -0.4 is 5.32 Å². The summed E-state index contributed by atoms with van der Waals surface area (Å²) in [6.45, 7) is 2.98. The Morgan fingerprint density at radius 2 is 1.75 bits per heavy atom. The fourth-order valence-corrected chi connectivity index (χ4v) is 3.88. The lowest BCUT2D eigenvalue weighted by Gasteiger charge is -2.41. The molecule has 7 heteroatoms. The van der Waals surface area contributed by atoms with E-state index in [4.69, 9.17) is 0 Å². The summed E-state index contributed by atoms with van der Waals surface area (Å²) in [6.07, 6.45) is 4.40. The van der Waals surface area contributed by atoms with Crippen molar-refractivity contribution in [2.75, 3.05) is 27.2 Å². The van der Waals surface area contributed by atoms with Crippen LogP contribution in [0, 0.1) is 11.8 Å². The maximum Gasteiger partial charge on any atom is 0.319 e. The lowest BCUT2D eigenvalue weighted by atomic mass is 9.73. The minimum absolute atomic E-state index is 0.0287. The Hall–Kier alpha value is -1.79. The molecule has 3 amide bonds. The Labute approximate surface area is 143 Å². The van der Waals surface area contributed by atoms with Gasteiger partial charge in [0.2, 0.25) is 5.91 Å². The van der Waals surface area contributed by atoms with Crippen LogP contribution in [0.3, 0.4) is 0 Å². The summed E-state index contributed by atoms with van der Waals surface area (Å²) in [5.74, 6) is -1.57. The molecule has 2 unspecified atom stereocenters. The van der Waals surface area contributed by atoms with E-state index in [9.17, 15) is 19.5 Å². The summed E-state index contributed by atoms with van der Waals surface area (Å²) in [7, 11) is 3.44.